The summed E-state index contributed by atoms with van der Waals surface area (Å²) < 4.78 is 67.8. The number of non-ortho nitro benzene ring substituents is 1. The van der Waals surface area contributed by atoms with Crippen molar-refractivity contribution in [3.63, 3.8) is 0 Å². The quantitative estimate of drug-likeness (QED) is 0.461. The number of sulfonamides is 1. The van der Waals surface area contributed by atoms with Crippen molar-refractivity contribution in [2.45, 2.75) is 30.3 Å². The van der Waals surface area contributed by atoms with Crippen molar-refractivity contribution in [2.75, 3.05) is 26.2 Å². The molecule has 0 aromatic heterocycles. The summed E-state index contributed by atoms with van der Waals surface area (Å²) >= 11 is 0. The van der Waals surface area contributed by atoms with Crippen LogP contribution in [0.4, 0.5) is 18.9 Å². The van der Waals surface area contributed by atoms with Crippen molar-refractivity contribution in [1.82, 2.24) is 9.21 Å². The van der Waals surface area contributed by atoms with Gasteiger partial charge in [-0.1, -0.05) is 36.4 Å². The molecule has 0 spiro atoms. The number of aryl methyl sites for hydroxylation is 1. The first-order valence-corrected chi connectivity index (χ1v) is 11.5. The molecule has 0 aliphatic carbocycles. The van der Waals surface area contributed by atoms with Crippen molar-refractivity contribution >= 4 is 21.6 Å². The fraction of sp³-hybridized carbons (Fsp3) is 0.381. The molecule has 8 nitrogen and oxygen atoms in total. The highest BCUT2D eigenvalue weighted by Crippen LogP contribution is 2.38. The van der Waals surface area contributed by atoms with Crippen LogP contribution >= 0.6 is 0 Å². The highest BCUT2D eigenvalue weighted by Gasteiger charge is 2.43. The molecule has 0 saturated carbocycles. The number of hydrogen-bond acceptors (Lipinski definition) is 5. The number of piperazine rings is 1. The van der Waals surface area contributed by atoms with E-state index in [1.54, 1.807) is 6.07 Å². The summed E-state index contributed by atoms with van der Waals surface area (Å²) in [5, 5.41) is 11.0. The number of hydrogen-bond donors (Lipinski definition) is 0. The maximum Gasteiger partial charge on any atom is 0.396 e. The molecule has 1 fully saturated rings. The summed E-state index contributed by atoms with van der Waals surface area (Å²) in [6.45, 7) is 1.10. The van der Waals surface area contributed by atoms with E-state index in [4.69, 9.17) is 0 Å². The summed E-state index contributed by atoms with van der Waals surface area (Å²) in [7, 11) is -4.08. The van der Waals surface area contributed by atoms with Crippen LogP contribution in [0, 0.1) is 17.0 Å². The molecule has 1 unspecified atom stereocenters. The molecule has 12 heteroatoms. The lowest BCUT2D eigenvalue weighted by atomic mass is 9.94. The molecule has 0 radical (unpaired) electrons. The van der Waals surface area contributed by atoms with Gasteiger partial charge in [-0.2, -0.15) is 17.5 Å². The standard InChI is InChI=1S/C21H22F3N3O5S/c1-15-7-8-17(27(29)30)13-19(15)33(31,32)26-11-9-25(10-12-26)20(28)14-18(21(22,23)24)16-5-3-2-4-6-16/h2-8,13,18H,9-12,14H2,1H3. The van der Waals surface area contributed by atoms with Crippen LogP contribution in [0.1, 0.15) is 23.5 Å². The lowest BCUT2D eigenvalue weighted by Gasteiger charge is -2.35. The van der Waals surface area contributed by atoms with Gasteiger partial charge in [0.2, 0.25) is 15.9 Å². The number of carbonyl (C=O) groups is 1. The van der Waals surface area contributed by atoms with Gasteiger partial charge in [0.05, 0.1) is 15.7 Å². The molecule has 2 aromatic carbocycles. The highest BCUT2D eigenvalue weighted by atomic mass is 32.2. The minimum atomic E-state index is -4.61. The Morgan fingerprint density at radius 1 is 1.09 bits per heavy atom. The van der Waals surface area contributed by atoms with Crippen LogP contribution in [0.15, 0.2) is 53.4 Å². The van der Waals surface area contributed by atoms with Crippen LogP contribution in [0.2, 0.25) is 0 Å². The Kier molecular flexibility index (Phi) is 7.08. The largest absolute Gasteiger partial charge is 0.396 e. The molecule has 0 N–H and O–H groups in total. The van der Waals surface area contributed by atoms with E-state index >= 15 is 0 Å². The third-order valence-electron chi connectivity index (χ3n) is 5.57. The van der Waals surface area contributed by atoms with Gasteiger partial charge in [-0.25, -0.2) is 8.42 Å². The number of alkyl halides is 3. The van der Waals surface area contributed by atoms with Crippen LogP contribution in [0.3, 0.4) is 0 Å². The molecule has 1 saturated heterocycles. The van der Waals surface area contributed by atoms with Gasteiger partial charge in [-0.05, 0) is 18.1 Å². The van der Waals surface area contributed by atoms with Crippen molar-refractivity contribution in [2.24, 2.45) is 0 Å². The normalized spacial score (nSPS) is 16.4. The van der Waals surface area contributed by atoms with E-state index in [-0.39, 0.29) is 42.3 Å². The van der Waals surface area contributed by atoms with Crippen molar-refractivity contribution in [3.05, 3.63) is 69.8 Å². The van der Waals surface area contributed by atoms with E-state index in [9.17, 15) is 36.5 Å². The maximum absolute atomic E-state index is 13.6. The first kappa shape index (κ1) is 24.6. The molecule has 178 valence electrons. The smallest absolute Gasteiger partial charge is 0.340 e. The zero-order valence-corrected chi connectivity index (χ0v) is 18.5. The molecular formula is C21H22F3N3O5S. The van der Waals surface area contributed by atoms with Crippen LogP contribution in [0.5, 0.6) is 0 Å². The molecule has 33 heavy (non-hydrogen) atoms. The van der Waals surface area contributed by atoms with Crippen LogP contribution in [-0.4, -0.2) is 60.8 Å². The van der Waals surface area contributed by atoms with E-state index in [2.05, 4.69) is 0 Å². The second-order valence-corrected chi connectivity index (χ2v) is 9.61. The fourth-order valence-electron chi connectivity index (χ4n) is 3.71. The number of nitro benzene ring substituents is 1. The second-order valence-electron chi connectivity index (χ2n) is 7.70. The number of halogens is 3. The van der Waals surface area contributed by atoms with Gasteiger partial charge in [-0.3, -0.25) is 14.9 Å². The predicted molar refractivity (Wildman–Crippen MR) is 113 cm³/mol. The van der Waals surface area contributed by atoms with Crippen LogP contribution in [-0.2, 0) is 14.8 Å². The fourth-order valence-corrected chi connectivity index (χ4v) is 5.38. The number of amides is 1. The molecule has 1 aliphatic heterocycles. The van der Waals surface area contributed by atoms with Gasteiger partial charge in [0.25, 0.3) is 5.69 Å². The molecule has 1 heterocycles. The molecule has 1 atom stereocenters. The molecule has 2 aromatic rings. The molecule has 0 bridgehead atoms. The average molecular weight is 485 g/mol. The first-order valence-electron chi connectivity index (χ1n) is 10.1. The van der Waals surface area contributed by atoms with Gasteiger partial charge in [-0.15, -0.1) is 0 Å². The molecule has 1 aliphatic rings. The lowest BCUT2D eigenvalue weighted by molar-refractivity contribution is -0.385. The van der Waals surface area contributed by atoms with Gasteiger partial charge in [0, 0.05) is 44.7 Å². The van der Waals surface area contributed by atoms with E-state index in [1.165, 1.54) is 48.2 Å². The predicted octanol–water partition coefficient (Wildman–Crippen LogP) is 3.47. The number of nitrogens with zero attached hydrogens (tertiary/aromatic N) is 3. The lowest BCUT2D eigenvalue weighted by Crippen LogP contribution is -2.51. The summed E-state index contributed by atoms with van der Waals surface area (Å²) in [6.07, 6.45) is -5.38. The van der Waals surface area contributed by atoms with Crippen molar-refractivity contribution in [3.8, 4) is 0 Å². The zero-order valence-electron chi connectivity index (χ0n) is 17.7. The SMILES string of the molecule is Cc1ccc([N+](=O)[O-])cc1S(=O)(=O)N1CCN(C(=O)CC(c2ccccc2)C(F)(F)F)CC1. The molecule has 1 amide bonds. The van der Waals surface area contributed by atoms with E-state index in [0.29, 0.717) is 5.56 Å². The van der Waals surface area contributed by atoms with Gasteiger partial charge in [0.15, 0.2) is 0 Å². The molecule has 3 rings (SSSR count). The van der Waals surface area contributed by atoms with E-state index in [1.807, 2.05) is 0 Å². The minimum Gasteiger partial charge on any atom is -0.340 e. The third-order valence-corrected chi connectivity index (χ3v) is 7.61. The Morgan fingerprint density at radius 2 is 1.70 bits per heavy atom. The second kappa shape index (κ2) is 9.48. The Labute approximate surface area is 188 Å². The van der Waals surface area contributed by atoms with Crippen LogP contribution in [0.25, 0.3) is 0 Å². The summed E-state index contributed by atoms with van der Waals surface area (Å²) in [4.78, 5) is 23.9. The first-order chi connectivity index (χ1) is 15.4. The van der Waals surface area contributed by atoms with Gasteiger partial charge < -0.3 is 4.90 Å². The van der Waals surface area contributed by atoms with E-state index in [0.717, 1.165) is 10.4 Å². The Morgan fingerprint density at radius 3 is 2.24 bits per heavy atom. The van der Waals surface area contributed by atoms with Crippen LogP contribution < -0.4 is 0 Å². The van der Waals surface area contributed by atoms with Gasteiger partial charge >= 0.3 is 6.18 Å². The van der Waals surface area contributed by atoms with E-state index < -0.39 is 39.4 Å². The minimum absolute atomic E-state index is 0.0132. The van der Waals surface area contributed by atoms with Crippen molar-refractivity contribution < 1.29 is 31.3 Å². The molecular weight excluding hydrogens is 463 g/mol. The number of rotatable bonds is 6. The summed E-state index contributed by atoms with van der Waals surface area (Å²) in [5.74, 6) is -2.68. The average Bonchev–Trinajstić information content (AvgIpc) is 2.77. The summed E-state index contributed by atoms with van der Waals surface area (Å²) in [5.41, 5.74) is -0.0530. The Balaban J connectivity index is 1.71. The monoisotopic (exact) mass is 485 g/mol. The van der Waals surface area contributed by atoms with Crippen molar-refractivity contribution in [1.29, 1.82) is 0 Å². The summed E-state index contributed by atoms with van der Waals surface area (Å²) in [6, 6.07) is 10.7. The number of carbonyl (C=O) groups excluding carboxylic acids is 1. The Hall–Kier alpha value is -2.99. The third kappa shape index (κ3) is 5.50. The van der Waals surface area contributed by atoms with Gasteiger partial charge in [0.1, 0.15) is 0 Å². The number of nitro groups is 1. The highest BCUT2D eigenvalue weighted by molar-refractivity contribution is 7.89. The maximum atomic E-state index is 13.6. The zero-order chi connectivity index (χ0) is 24.4. The Bertz CT molecular complexity index is 1130. The number of benzene rings is 2. The topological polar surface area (TPSA) is 101 Å².